The Hall–Kier alpha value is -2.19. The number of carbonyl (C=O) groups excluding carboxylic acids is 1. The number of thiocarbonyl (C=S) groups is 1. The third kappa shape index (κ3) is 3.52. The summed E-state index contributed by atoms with van der Waals surface area (Å²) >= 11 is 5.99. The first kappa shape index (κ1) is 16.2. The molecule has 0 spiro atoms. The molecule has 0 bridgehead atoms. The number of hydrogen-bond donors (Lipinski definition) is 2. The van der Waals surface area contributed by atoms with Crippen LogP contribution in [0.25, 0.3) is 6.08 Å². The number of hydrogen-bond acceptors (Lipinski definition) is 5. The van der Waals surface area contributed by atoms with Crippen molar-refractivity contribution in [3.05, 3.63) is 40.8 Å². The lowest BCUT2D eigenvalue weighted by Gasteiger charge is -2.21. The van der Waals surface area contributed by atoms with Crippen molar-refractivity contribution in [2.45, 2.75) is 12.5 Å². The van der Waals surface area contributed by atoms with E-state index in [1.807, 2.05) is 6.07 Å². The van der Waals surface area contributed by atoms with Gasteiger partial charge in [0, 0.05) is 0 Å². The number of aliphatic carboxylic acids is 2. The lowest BCUT2D eigenvalue weighted by atomic mass is 10.1. The highest BCUT2D eigenvalue weighted by atomic mass is 32.2. The molecule has 2 rings (SSSR count). The fraction of sp³-hybridized carbons (Fsp3) is 0.143. The molecule has 2 N–H and O–H groups in total. The number of amides is 1. The molecule has 1 heterocycles. The lowest BCUT2D eigenvalue weighted by Crippen LogP contribution is -2.45. The van der Waals surface area contributed by atoms with Crippen LogP contribution in [0.15, 0.2) is 35.2 Å². The first-order valence-corrected chi connectivity index (χ1v) is 7.39. The van der Waals surface area contributed by atoms with Crippen molar-refractivity contribution < 1.29 is 24.6 Å². The number of carboxylic acids is 2. The zero-order valence-electron chi connectivity index (χ0n) is 11.1. The Morgan fingerprint density at radius 2 is 1.91 bits per heavy atom. The van der Waals surface area contributed by atoms with Gasteiger partial charge in [0.15, 0.2) is 0 Å². The number of carbonyl (C=O) groups is 3. The zero-order valence-corrected chi connectivity index (χ0v) is 12.8. The predicted octanol–water partition coefficient (Wildman–Crippen LogP) is 1.82. The molecule has 1 aromatic rings. The molecule has 1 atom stereocenters. The first-order chi connectivity index (χ1) is 10.4. The summed E-state index contributed by atoms with van der Waals surface area (Å²) in [6.07, 6.45) is 0.888. The highest BCUT2D eigenvalue weighted by Crippen LogP contribution is 2.34. The topological polar surface area (TPSA) is 94.9 Å². The van der Waals surface area contributed by atoms with E-state index in [1.54, 1.807) is 30.3 Å². The molecule has 0 aliphatic carbocycles. The van der Waals surface area contributed by atoms with Crippen molar-refractivity contribution in [1.29, 1.82) is 0 Å². The van der Waals surface area contributed by atoms with Crippen LogP contribution in [0.3, 0.4) is 0 Å². The molecule has 8 heteroatoms. The van der Waals surface area contributed by atoms with Crippen LogP contribution in [0.1, 0.15) is 12.0 Å². The van der Waals surface area contributed by atoms with Crippen LogP contribution in [0.4, 0.5) is 0 Å². The predicted molar refractivity (Wildman–Crippen MR) is 85.1 cm³/mol. The number of nitrogens with zero attached hydrogens (tertiary/aromatic N) is 1. The molecule has 0 aromatic heterocycles. The lowest BCUT2D eigenvalue weighted by molar-refractivity contribution is -0.150. The summed E-state index contributed by atoms with van der Waals surface area (Å²) in [5, 5.41) is 17.9. The maximum absolute atomic E-state index is 12.3. The second-order valence-electron chi connectivity index (χ2n) is 4.41. The quantitative estimate of drug-likeness (QED) is 0.625. The number of benzene rings is 1. The average molecular weight is 337 g/mol. The SMILES string of the molecule is O=C(O)CC(C(=O)O)N1C(=O)C(=Cc2ccccc2)SC1=S. The molecule has 1 unspecified atom stereocenters. The van der Waals surface area contributed by atoms with Crippen LogP contribution in [-0.2, 0) is 14.4 Å². The van der Waals surface area contributed by atoms with Gasteiger partial charge in [-0.05, 0) is 11.6 Å². The number of thioether (sulfide) groups is 1. The summed E-state index contributed by atoms with van der Waals surface area (Å²) in [4.78, 5) is 35.5. The average Bonchev–Trinajstić information content (AvgIpc) is 2.72. The smallest absolute Gasteiger partial charge is 0.327 e. The van der Waals surface area contributed by atoms with Gasteiger partial charge in [-0.2, -0.15) is 0 Å². The summed E-state index contributed by atoms with van der Waals surface area (Å²) in [6, 6.07) is 7.51. The second kappa shape index (κ2) is 6.71. The summed E-state index contributed by atoms with van der Waals surface area (Å²) in [7, 11) is 0. The maximum atomic E-state index is 12.3. The normalized spacial score (nSPS) is 17.8. The van der Waals surface area contributed by atoms with Gasteiger partial charge in [-0.15, -0.1) is 0 Å². The van der Waals surface area contributed by atoms with Crippen molar-refractivity contribution in [1.82, 2.24) is 4.90 Å². The van der Waals surface area contributed by atoms with Gasteiger partial charge < -0.3 is 10.2 Å². The van der Waals surface area contributed by atoms with Gasteiger partial charge in [-0.3, -0.25) is 14.5 Å². The molecule has 1 saturated heterocycles. The van der Waals surface area contributed by atoms with E-state index in [2.05, 4.69) is 0 Å². The Labute approximate surface area is 135 Å². The van der Waals surface area contributed by atoms with Crippen molar-refractivity contribution in [3.63, 3.8) is 0 Å². The van der Waals surface area contributed by atoms with Gasteiger partial charge in [0.1, 0.15) is 10.4 Å². The third-order valence-electron chi connectivity index (χ3n) is 2.89. The third-order valence-corrected chi connectivity index (χ3v) is 4.22. The van der Waals surface area contributed by atoms with Crippen LogP contribution >= 0.6 is 24.0 Å². The highest BCUT2D eigenvalue weighted by molar-refractivity contribution is 8.26. The van der Waals surface area contributed by atoms with Crippen LogP contribution in [-0.4, -0.2) is 43.3 Å². The minimum absolute atomic E-state index is 0.0424. The Morgan fingerprint density at radius 1 is 1.27 bits per heavy atom. The number of rotatable bonds is 5. The summed E-state index contributed by atoms with van der Waals surface area (Å²) in [5.74, 6) is -3.30. The van der Waals surface area contributed by atoms with E-state index in [0.29, 0.717) is 0 Å². The molecule has 1 amide bonds. The van der Waals surface area contributed by atoms with Gasteiger partial charge in [-0.25, -0.2) is 4.79 Å². The van der Waals surface area contributed by atoms with E-state index in [0.717, 1.165) is 22.2 Å². The summed E-state index contributed by atoms with van der Waals surface area (Å²) < 4.78 is 0.0424. The minimum Gasteiger partial charge on any atom is -0.481 e. The Kier molecular flexibility index (Phi) is 4.94. The van der Waals surface area contributed by atoms with E-state index >= 15 is 0 Å². The Bertz CT molecular complexity index is 671. The molecule has 1 aliphatic heterocycles. The van der Waals surface area contributed by atoms with Crippen LogP contribution in [0, 0.1) is 0 Å². The molecule has 0 radical (unpaired) electrons. The van der Waals surface area contributed by atoms with Gasteiger partial charge in [0.2, 0.25) is 0 Å². The Balaban J connectivity index is 2.30. The van der Waals surface area contributed by atoms with E-state index in [9.17, 15) is 14.4 Å². The molecule has 22 heavy (non-hydrogen) atoms. The van der Waals surface area contributed by atoms with Gasteiger partial charge in [0.05, 0.1) is 11.3 Å². The summed E-state index contributed by atoms with van der Waals surface area (Å²) in [6.45, 7) is 0. The minimum atomic E-state index is -1.51. The van der Waals surface area contributed by atoms with Gasteiger partial charge in [-0.1, -0.05) is 54.3 Å². The molecule has 114 valence electrons. The number of carboxylic acid groups (broad SMARTS) is 2. The van der Waals surface area contributed by atoms with Gasteiger partial charge >= 0.3 is 11.9 Å². The van der Waals surface area contributed by atoms with Crippen molar-refractivity contribution in [2.24, 2.45) is 0 Å². The maximum Gasteiger partial charge on any atom is 0.327 e. The fourth-order valence-corrected chi connectivity index (χ4v) is 3.26. The molecule has 1 fully saturated rings. The highest BCUT2D eigenvalue weighted by Gasteiger charge is 2.41. The molecule has 1 aliphatic rings. The van der Waals surface area contributed by atoms with Gasteiger partial charge in [0.25, 0.3) is 5.91 Å². The van der Waals surface area contributed by atoms with Crippen molar-refractivity contribution in [3.8, 4) is 0 Å². The fourth-order valence-electron chi connectivity index (χ4n) is 1.90. The van der Waals surface area contributed by atoms with Crippen LogP contribution < -0.4 is 0 Å². The van der Waals surface area contributed by atoms with Crippen LogP contribution in [0.5, 0.6) is 0 Å². The van der Waals surface area contributed by atoms with E-state index in [-0.39, 0.29) is 9.23 Å². The molecular weight excluding hydrogens is 326 g/mol. The summed E-state index contributed by atoms with van der Waals surface area (Å²) in [5.41, 5.74) is 0.771. The Morgan fingerprint density at radius 3 is 2.45 bits per heavy atom. The first-order valence-electron chi connectivity index (χ1n) is 6.17. The second-order valence-corrected chi connectivity index (χ2v) is 6.09. The largest absolute Gasteiger partial charge is 0.481 e. The standard InChI is InChI=1S/C14H11NO5S2/c16-11(17)7-9(13(19)20)15-12(18)10(22-14(15)21)6-8-4-2-1-3-5-8/h1-6,9H,7H2,(H,16,17)(H,19,20). The molecule has 1 aromatic carbocycles. The van der Waals surface area contributed by atoms with Crippen molar-refractivity contribution in [2.75, 3.05) is 0 Å². The zero-order chi connectivity index (χ0) is 16.3. The van der Waals surface area contributed by atoms with E-state index < -0.39 is 30.3 Å². The molecule has 6 nitrogen and oxygen atoms in total. The van der Waals surface area contributed by atoms with E-state index in [4.69, 9.17) is 22.4 Å². The molecule has 0 saturated carbocycles. The monoisotopic (exact) mass is 337 g/mol. The molecular formula is C14H11NO5S2. The van der Waals surface area contributed by atoms with Crippen LogP contribution in [0.2, 0.25) is 0 Å². The van der Waals surface area contributed by atoms with Crippen molar-refractivity contribution >= 4 is 52.2 Å². The van der Waals surface area contributed by atoms with E-state index in [1.165, 1.54) is 0 Å².